The van der Waals surface area contributed by atoms with Crippen molar-refractivity contribution in [1.29, 1.82) is 0 Å². The maximum absolute atomic E-state index is 14.1. The number of aromatic nitrogens is 1. The second-order valence-corrected chi connectivity index (χ2v) is 12.6. The van der Waals surface area contributed by atoms with Crippen molar-refractivity contribution < 1.29 is 19.0 Å². The van der Waals surface area contributed by atoms with Crippen molar-refractivity contribution in [2.45, 2.75) is 58.5 Å². The number of ether oxygens (including phenoxy) is 3. The molecule has 2 aliphatic rings. The van der Waals surface area contributed by atoms with Crippen LogP contribution in [0.3, 0.4) is 0 Å². The summed E-state index contributed by atoms with van der Waals surface area (Å²) >= 11 is 6.76. The first-order chi connectivity index (χ1) is 21.7. The average Bonchev–Trinajstić information content (AvgIpc) is 3.03. The van der Waals surface area contributed by atoms with Gasteiger partial charge in [-0.3, -0.25) is 9.59 Å². The van der Waals surface area contributed by atoms with Gasteiger partial charge in [-0.15, -0.1) is 0 Å². The molecule has 1 saturated heterocycles. The van der Waals surface area contributed by atoms with E-state index < -0.39 is 0 Å². The van der Waals surface area contributed by atoms with Gasteiger partial charge >= 0.3 is 0 Å². The monoisotopic (exact) mass is 629 g/mol. The van der Waals surface area contributed by atoms with Gasteiger partial charge in [0.25, 0.3) is 11.5 Å². The summed E-state index contributed by atoms with van der Waals surface area (Å²) in [4.78, 5) is 32.5. The second-order valence-electron chi connectivity index (χ2n) is 12.1. The van der Waals surface area contributed by atoms with E-state index in [-0.39, 0.29) is 16.5 Å². The van der Waals surface area contributed by atoms with E-state index in [9.17, 15) is 9.59 Å². The summed E-state index contributed by atoms with van der Waals surface area (Å²) < 4.78 is 17.5. The fourth-order valence-electron chi connectivity index (χ4n) is 6.68. The molecule has 0 radical (unpaired) electrons. The van der Waals surface area contributed by atoms with Crippen LogP contribution in [0.4, 0.5) is 0 Å². The quantitative estimate of drug-likeness (QED) is 0.228. The first-order valence-electron chi connectivity index (χ1n) is 15.6. The lowest BCUT2D eigenvalue weighted by atomic mass is 9.97. The van der Waals surface area contributed by atoms with Crippen molar-refractivity contribution in [1.82, 2.24) is 15.2 Å². The van der Waals surface area contributed by atoms with Crippen LogP contribution in [0.2, 0.25) is 5.02 Å². The molecule has 6 rings (SSSR count). The van der Waals surface area contributed by atoms with Gasteiger partial charge in [0.2, 0.25) is 0 Å². The van der Waals surface area contributed by atoms with Gasteiger partial charge in [-0.25, -0.2) is 0 Å². The third-order valence-electron chi connectivity index (χ3n) is 8.93. The van der Waals surface area contributed by atoms with Gasteiger partial charge in [-0.1, -0.05) is 47.3 Å². The second kappa shape index (κ2) is 13.2. The Morgan fingerprint density at radius 2 is 1.71 bits per heavy atom. The smallest absolute Gasteiger partial charge is 0.260 e. The Morgan fingerprint density at radius 3 is 2.40 bits per heavy atom. The van der Waals surface area contributed by atoms with Crippen LogP contribution in [0, 0.1) is 13.8 Å². The number of hydrogen-bond acceptors (Lipinski definition) is 6. The average molecular weight is 630 g/mol. The van der Waals surface area contributed by atoms with Crippen LogP contribution in [-0.4, -0.2) is 55.7 Å². The van der Waals surface area contributed by atoms with E-state index in [1.807, 2.05) is 38.1 Å². The Balaban J connectivity index is 1.40. The molecule has 8 nitrogen and oxygen atoms in total. The van der Waals surface area contributed by atoms with Crippen LogP contribution in [0.1, 0.15) is 58.3 Å². The number of benzene rings is 3. The maximum atomic E-state index is 14.1. The normalized spacial score (nSPS) is 16.4. The van der Waals surface area contributed by atoms with Gasteiger partial charge in [0.15, 0.2) is 11.5 Å². The minimum absolute atomic E-state index is 0.182. The van der Waals surface area contributed by atoms with Gasteiger partial charge in [-0.05, 0) is 87.0 Å². The molecule has 2 aliphatic heterocycles. The van der Waals surface area contributed by atoms with E-state index in [1.54, 1.807) is 31.3 Å². The van der Waals surface area contributed by atoms with Crippen LogP contribution >= 0.6 is 11.6 Å². The lowest BCUT2D eigenvalue weighted by molar-refractivity contribution is 0.0734. The molecular formula is C36H40ClN3O5. The highest BCUT2D eigenvalue weighted by atomic mass is 35.5. The zero-order chi connectivity index (χ0) is 31.7. The molecular weight excluding hydrogens is 590 g/mol. The number of aromatic amines is 1. The van der Waals surface area contributed by atoms with Crippen molar-refractivity contribution in [2.24, 2.45) is 0 Å². The Morgan fingerprint density at radius 1 is 0.978 bits per heavy atom. The molecule has 45 heavy (non-hydrogen) atoms. The molecule has 0 saturated carbocycles. The van der Waals surface area contributed by atoms with E-state index in [1.165, 1.54) is 12.8 Å². The van der Waals surface area contributed by atoms with Crippen LogP contribution in [0.25, 0.3) is 22.0 Å². The van der Waals surface area contributed by atoms with E-state index in [2.05, 4.69) is 16.4 Å². The standard InChI is InChI=1S/C36H40ClN3O5/c1-21-13-22(2)15-24(14-21)33-34(45-12-9-26-7-5-6-10-38-26)28-18-27(29(37)19-30(28)39-35(33)41)36(42)40-11-8-23-16-31(43-3)32(44-4)17-25(23)20-40/h13-19,26,38H,5-12,20H2,1-4H3,(H,39,41)/t26-/m0/s1. The van der Waals surface area contributed by atoms with E-state index in [4.69, 9.17) is 25.8 Å². The summed E-state index contributed by atoms with van der Waals surface area (Å²) in [5.41, 5.74) is 6.10. The summed E-state index contributed by atoms with van der Waals surface area (Å²) in [6, 6.07) is 13.8. The molecule has 236 valence electrons. The lowest BCUT2D eigenvalue weighted by Crippen LogP contribution is -2.36. The number of H-pyrrole nitrogens is 1. The first kappa shape index (κ1) is 31.0. The predicted octanol–water partition coefficient (Wildman–Crippen LogP) is 6.59. The highest BCUT2D eigenvalue weighted by Gasteiger charge is 2.27. The summed E-state index contributed by atoms with van der Waals surface area (Å²) in [7, 11) is 3.22. The third-order valence-corrected chi connectivity index (χ3v) is 9.24. The molecule has 1 atom stereocenters. The van der Waals surface area contributed by atoms with Gasteiger partial charge in [0.05, 0.1) is 42.5 Å². The number of nitrogens with zero attached hydrogens (tertiary/aromatic N) is 1. The Hall–Kier alpha value is -4.01. The number of halogens is 1. The van der Waals surface area contributed by atoms with Crippen molar-refractivity contribution in [2.75, 3.05) is 33.9 Å². The molecule has 0 bridgehead atoms. The van der Waals surface area contributed by atoms with Crippen molar-refractivity contribution in [3.63, 3.8) is 0 Å². The molecule has 9 heteroatoms. The number of carbonyl (C=O) groups excluding carboxylic acids is 1. The number of carbonyl (C=O) groups is 1. The Labute approximate surface area is 268 Å². The topological polar surface area (TPSA) is 92.9 Å². The molecule has 0 unspecified atom stereocenters. The number of pyridine rings is 1. The van der Waals surface area contributed by atoms with Gasteiger partial charge < -0.3 is 29.4 Å². The number of aryl methyl sites for hydroxylation is 2. The first-order valence-corrected chi connectivity index (χ1v) is 16.0. The number of piperidine rings is 1. The minimum atomic E-state index is -0.259. The maximum Gasteiger partial charge on any atom is 0.260 e. The van der Waals surface area contributed by atoms with Crippen molar-refractivity contribution in [3.8, 4) is 28.4 Å². The Kier molecular flexibility index (Phi) is 9.06. The number of amides is 1. The predicted molar refractivity (Wildman–Crippen MR) is 178 cm³/mol. The van der Waals surface area contributed by atoms with Gasteiger partial charge in [0.1, 0.15) is 5.75 Å². The molecule has 4 aromatic rings. The summed E-state index contributed by atoms with van der Waals surface area (Å²) in [6.07, 6.45) is 5.00. The third kappa shape index (κ3) is 6.40. The number of rotatable bonds is 8. The van der Waals surface area contributed by atoms with Gasteiger partial charge in [0, 0.05) is 24.5 Å². The van der Waals surface area contributed by atoms with Crippen molar-refractivity contribution in [3.05, 3.63) is 85.7 Å². The minimum Gasteiger partial charge on any atom is -0.493 e. The molecule has 1 fully saturated rings. The van der Waals surface area contributed by atoms with Crippen LogP contribution < -0.4 is 25.1 Å². The largest absolute Gasteiger partial charge is 0.493 e. The zero-order valence-corrected chi connectivity index (χ0v) is 27.1. The molecule has 1 amide bonds. The highest BCUT2D eigenvalue weighted by Crippen LogP contribution is 2.38. The van der Waals surface area contributed by atoms with Crippen LogP contribution in [0.5, 0.6) is 17.2 Å². The summed E-state index contributed by atoms with van der Waals surface area (Å²) in [5.74, 6) is 1.59. The number of fused-ring (bicyclic) bond motifs is 2. The molecule has 0 spiro atoms. The summed E-state index contributed by atoms with van der Waals surface area (Å²) in [5, 5.41) is 4.50. The van der Waals surface area contributed by atoms with Crippen LogP contribution in [0.15, 0.2) is 47.3 Å². The molecule has 3 heterocycles. The number of methoxy groups -OCH3 is 2. The molecule has 0 aliphatic carbocycles. The Bertz CT molecular complexity index is 1790. The SMILES string of the molecule is COc1cc2c(cc1OC)CN(C(=O)c1cc3c(OCC[C@@H]4CCCCN4)c(-c4cc(C)cc(C)c4)c(=O)[nH]c3cc1Cl)CC2. The van der Waals surface area contributed by atoms with Gasteiger partial charge in [-0.2, -0.15) is 0 Å². The fraction of sp³-hybridized carbons (Fsp3) is 0.389. The zero-order valence-electron chi connectivity index (χ0n) is 26.3. The van der Waals surface area contributed by atoms with E-state index in [0.717, 1.165) is 47.2 Å². The lowest BCUT2D eigenvalue weighted by Gasteiger charge is -2.30. The molecule has 2 N–H and O–H groups in total. The molecule has 1 aromatic heterocycles. The van der Waals surface area contributed by atoms with Crippen LogP contribution in [-0.2, 0) is 13.0 Å². The fourth-order valence-corrected chi connectivity index (χ4v) is 6.93. The van der Waals surface area contributed by atoms with E-state index in [0.29, 0.717) is 71.4 Å². The number of nitrogens with one attached hydrogen (secondary N) is 2. The highest BCUT2D eigenvalue weighted by molar-refractivity contribution is 6.34. The molecule has 3 aromatic carbocycles. The summed E-state index contributed by atoms with van der Waals surface area (Å²) in [6.45, 7) is 6.43. The van der Waals surface area contributed by atoms with Crippen molar-refractivity contribution >= 4 is 28.4 Å². The van der Waals surface area contributed by atoms with E-state index >= 15 is 0 Å². The number of hydrogen-bond donors (Lipinski definition) is 2.